The summed E-state index contributed by atoms with van der Waals surface area (Å²) in [5, 5.41) is 27.8. The lowest BCUT2D eigenvalue weighted by molar-refractivity contribution is -0.384. The van der Waals surface area contributed by atoms with Gasteiger partial charge in [-0.25, -0.2) is 13.6 Å². The Bertz CT molecular complexity index is 902. The number of hydrogen-bond acceptors (Lipinski definition) is 6. The van der Waals surface area contributed by atoms with Gasteiger partial charge in [0.25, 0.3) is 5.69 Å². The Morgan fingerprint density at radius 1 is 1.21 bits per heavy atom. The molecule has 2 aromatic carbocycles. The minimum absolute atomic E-state index is 0.0429. The van der Waals surface area contributed by atoms with Crippen molar-refractivity contribution >= 4 is 21.4 Å². The molecular formula is C15H14N4O4S. The molecule has 0 fully saturated rings. The molecule has 0 amide bonds. The number of primary sulfonamides is 1. The fourth-order valence-electron chi connectivity index (χ4n) is 2.08. The van der Waals surface area contributed by atoms with Crippen molar-refractivity contribution < 1.29 is 13.3 Å². The van der Waals surface area contributed by atoms with Gasteiger partial charge in [0, 0.05) is 18.7 Å². The molecule has 2 rings (SSSR count). The fraction of sp³-hybridized carbons (Fsp3) is 0.133. The van der Waals surface area contributed by atoms with Crippen LogP contribution in [-0.4, -0.2) is 19.9 Å². The largest absolute Gasteiger partial charge is 0.384 e. The lowest BCUT2D eigenvalue weighted by Gasteiger charge is -2.08. The Morgan fingerprint density at radius 3 is 2.42 bits per heavy atom. The summed E-state index contributed by atoms with van der Waals surface area (Å²) in [6, 6.07) is 12.1. The van der Waals surface area contributed by atoms with E-state index in [1.165, 1.54) is 30.3 Å². The molecule has 124 valence electrons. The van der Waals surface area contributed by atoms with E-state index in [-0.39, 0.29) is 16.1 Å². The maximum absolute atomic E-state index is 11.2. The summed E-state index contributed by atoms with van der Waals surface area (Å²) in [5.74, 6) is 0. The van der Waals surface area contributed by atoms with Crippen molar-refractivity contribution in [2.24, 2.45) is 5.14 Å². The molecule has 2 aromatic rings. The molecule has 0 radical (unpaired) electrons. The fourth-order valence-corrected chi connectivity index (χ4v) is 2.60. The second-order valence-electron chi connectivity index (χ2n) is 4.96. The minimum atomic E-state index is -3.71. The van der Waals surface area contributed by atoms with Gasteiger partial charge in [-0.15, -0.1) is 0 Å². The quantitative estimate of drug-likeness (QED) is 0.603. The van der Waals surface area contributed by atoms with Gasteiger partial charge in [-0.2, -0.15) is 5.26 Å². The van der Waals surface area contributed by atoms with E-state index in [0.29, 0.717) is 18.7 Å². The maximum atomic E-state index is 11.2. The molecule has 8 nitrogen and oxygen atoms in total. The van der Waals surface area contributed by atoms with E-state index in [1.807, 2.05) is 6.07 Å². The van der Waals surface area contributed by atoms with Gasteiger partial charge >= 0.3 is 0 Å². The van der Waals surface area contributed by atoms with Crippen LogP contribution in [0.4, 0.5) is 11.4 Å². The Balaban J connectivity index is 2.02. The van der Waals surface area contributed by atoms with Crippen LogP contribution < -0.4 is 10.5 Å². The van der Waals surface area contributed by atoms with E-state index in [4.69, 9.17) is 10.4 Å². The highest BCUT2D eigenvalue weighted by Gasteiger charge is 2.10. The number of nitrogens with one attached hydrogen (secondary N) is 1. The average molecular weight is 346 g/mol. The smallest absolute Gasteiger partial charge is 0.270 e. The Labute approximate surface area is 138 Å². The van der Waals surface area contributed by atoms with Crippen LogP contribution in [0.15, 0.2) is 47.4 Å². The summed E-state index contributed by atoms with van der Waals surface area (Å²) in [7, 11) is -3.71. The molecular weight excluding hydrogens is 332 g/mol. The number of nitriles is 1. The number of sulfonamides is 1. The first-order chi connectivity index (χ1) is 11.3. The van der Waals surface area contributed by atoms with Crippen molar-refractivity contribution in [3.05, 3.63) is 63.7 Å². The summed E-state index contributed by atoms with van der Waals surface area (Å²) in [6.45, 7) is 0.473. The zero-order valence-corrected chi connectivity index (χ0v) is 13.3. The van der Waals surface area contributed by atoms with Gasteiger partial charge in [0.2, 0.25) is 10.0 Å². The van der Waals surface area contributed by atoms with Gasteiger partial charge in [-0.1, -0.05) is 12.1 Å². The van der Waals surface area contributed by atoms with Crippen molar-refractivity contribution in [2.75, 3.05) is 11.9 Å². The topological polar surface area (TPSA) is 139 Å². The summed E-state index contributed by atoms with van der Waals surface area (Å²) in [5.41, 5.74) is 1.43. The highest BCUT2D eigenvalue weighted by Crippen LogP contribution is 2.21. The van der Waals surface area contributed by atoms with Crippen molar-refractivity contribution in [1.29, 1.82) is 5.26 Å². The molecule has 0 aromatic heterocycles. The molecule has 0 aliphatic heterocycles. The van der Waals surface area contributed by atoms with E-state index in [2.05, 4.69) is 5.32 Å². The normalized spacial score (nSPS) is 10.8. The SMILES string of the molecule is N#Cc1cc([N+](=O)[O-])ccc1NCCc1ccc(S(N)(=O)=O)cc1. The van der Waals surface area contributed by atoms with E-state index in [1.54, 1.807) is 12.1 Å². The van der Waals surface area contributed by atoms with Gasteiger partial charge in [-0.3, -0.25) is 10.1 Å². The lowest BCUT2D eigenvalue weighted by atomic mass is 10.1. The van der Waals surface area contributed by atoms with Crippen LogP contribution in [0.2, 0.25) is 0 Å². The number of nitrogens with zero attached hydrogens (tertiary/aromatic N) is 2. The number of hydrogen-bond donors (Lipinski definition) is 2. The molecule has 0 aliphatic rings. The first-order valence-corrected chi connectivity index (χ1v) is 8.40. The highest BCUT2D eigenvalue weighted by atomic mass is 32.2. The molecule has 0 atom stereocenters. The molecule has 0 saturated carbocycles. The van der Waals surface area contributed by atoms with Crippen molar-refractivity contribution in [2.45, 2.75) is 11.3 Å². The van der Waals surface area contributed by atoms with Crippen molar-refractivity contribution in [3.8, 4) is 6.07 Å². The van der Waals surface area contributed by atoms with Gasteiger partial charge < -0.3 is 5.32 Å². The standard InChI is InChI=1S/C15H14N4O4S/c16-10-12-9-13(19(20)21)3-6-15(12)18-8-7-11-1-4-14(5-2-11)24(17,22)23/h1-6,9,18H,7-8H2,(H2,17,22,23). The summed E-state index contributed by atoms with van der Waals surface area (Å²) < 4.78 is 22.4. The third-order valence-electron chi connectivity index (χ3n) is 3.32. The third kappa shape index (κ3) is 4.28. The van der Waals surface area contributed by atoms with Crippen LogP contribution in [0.5, 0.6) is 0 Å². The predicted molar refractivity (Wildman–Crippen MR) is 87.8 cm³/mol. The molecule has 0 unspecified atom stereocenters. The van der Waals surface area contributed by atoms with Crippen LogP contribution in [0.25, 0.3) is 0 Å². The van der Waals surface area contributed by atoms with Crippen LogP contribution in [0.1, 0.15) is 11.1 Å². The first kappa shape index (κ1) is 17.4. The molecule has 0 spiro atoms. The van der Waals surface area contributed by atoms with Crippen molar-refractivity contribution in [3.63, 3.8) is 0 Å². The molecule has 24 heavy (non-hydrogen) atoms. The number of nitro groups is 1. The van der Waals surface area contributed by atoms with Crippen LogP contribution in [0.3, 0.4) is 0 Å². The minimum Gasteiger partial charge on any atom is -0.384 e. The Hall–Kier alpha value is -2.96. The zero-order valence-electron chi connectivity index (χ0n) is 12.5. The Morgan fingerprint density at radius 2 is 1.88 bits per heavy atom. The van der Waals surface area contributed by atoms with E-state index in [9.17, 15) is 18.5 Å². The summed E-state index contributed by atoms with van der Waals surface area (Å²) in [4.78, 5) is 10.2. The second-order valence-corrected chi connectivity index (χ2v) is 6.53. The predicted octanol–water partition coefficient (Wildman–Crippen LogP) is 1.77. The van der Waals surface area contributed by atoms with E-state index >= 15 is 0 Å². The molecule has 3 N–H and O–H groups in total. The number of anilines is 1. The molecule has 0 heterocycles. The van der Waals surface area contributed by atoms with E-state index in [0.717, 1.165) is 5.56 Å². The van der Waals surface area contributed by atoms with Gasteiger partial charge in [0.1, 0.15) is 6.07 Å². The summed E-state index contributed by atoms with van der Waals surface area (Å²) in [6.07, 6.45) is 0.576. The number of non-ortho nitro benzene ring substituents is 1. The average Bonchev–Trinajstić information content (AvgIpc) is 2.54. The number of benzene rings is 2. The summed E-state index contributed by atoms with van der Waals surface area (Å²) >= 11 is 0. The van der Waals surface area contributed by atoms with Crippen LogP contribution in [-0.2, 0) is 16.4 Å². The van der Waals surface area contributed by atoms with Gasteiger partial charge in [-0.05, 0) is 30.2 Å². The molecule has 0 saturated heterocycles. The van der Waals surface area contributed by atoms with Crippen LogP contribution >= 0.6 is 0 Å². The number of nitrogens with two attached hydrogens (primary N) is 1. The zero-order chi connectivity index (χ0) is 17.7. The molecule has 0 bridgehead atoms. The molecule has 0 aliphatic carbocycles. The maximum Gasteiger partial charge on any atom is 0.270 e. The number of rotatable bonds is 6. The Kier molecular flexibility index (Phi) is 5.13. The van der Waals surface area contributed by atoms with E-state index < -0.39 is 14.9 Å². The van der Waals surface area contributed by atoms with Crippen LogP contribution in [0, 0.1) is 21.4 Å². The monoisotopic (exact) mass is 346 g/mol. The third-order valence-corrected chi connectivity index (χ3v) is 4.24. The lowest BCUT2D eigenvalue weighted by Crippen LogP contribution is -2.12. The molecule has 9 heteroatoms. The van der Waals surface area contributed by atoms with Crippen molar-refractivity contribution in [1.82, 2.24) is 0 Å². The van der Waals surface area contributed by atoms with Gasteiger partial charge in [0.15, 0.2) is 0 Å². The van der Waals surface area contributed by atoms with Gasteiger partial charge in [0.05, 0.1) is 21.1 Å². The second kappa shape index (κ2) is 7.08. The first-order valence-electron chi connectivity index (χ1n) is 6.85. The highest BCUT2D eigenvalue weighted by molar-refractivity contribution is 7.89. The number of nitro benzene ring substituents is 1.